The van der Waals surface area contributed by atoms with Crippen molar-refractivity contribution in [3.8, 4) is 0 Å². The molecule has 2 rings (SSSR count). The topological polar surface area (TPSA) is 29.1 Å². The Labute approximate surface area is 145 Å². The lowest BCUT2D eigenvalue weighted by Crippen LogP contribution is -2.50. The van der Waals surface area contributed by atoms with Crippen LogP contribution < -0.4 is 5.32 Å². The maximum atomic E-state index is 12.9. The fourth-order valence-electron chi connectivity index (χ4n) is 4.36. The van der Waals surface area contributed by atoms with Gasteiger partial charge in [0.25, 0.3) is 0 Å². The molecule has 128 valence electrons. The van der Waals surface area contributed by atoms with E-state index in [1.54, 1.807) is 11.8 Å². The van der Waals surface area contributed by atoms with E-state index < -0.39 is 0 Å². The summed E-state index contributed by atoms with van der Waals surface area (Å²) in [7, 11) is 0. The van der Waals surface area contributed by atoms with Gasteiger partial charge in [0.15, 0.2) is 0 Å². The van der Waals surface area contributed by atoms with E-state index in [0.29, 0.717) is 11.8 Å². The lowest BCUT2D eigenvalue weighted by molar-refractivity contribution is -0.125. The Morgan fingerprint density at radius 3 is 2.83 bits per heavy atom. The van der Waals surface area contributed by atoms with Crippen molar-refractivity contribution in [3.63, 3.8) is 0 Å². The molecule has 1 amide bonds. The first-order valence-electron chi connectivity index (χ1n) is 8.80. The normalized spacial score (nSPS) is 34.3. The average Bonchev–Trinajstić information content (AvgIpc) is 2.50. The molecule has 0 aliphatic heterocycles. The third-order valence-electron chi connectivity index (χ3n) is 5.36. The lowest BCUT2D eigenvalue weighted by atomic mass is 9.71. The number of thioether (sulfide) groups is 1. The van der Waals surface area contributed by atoms with Crippen LogP contribution in [0, 0.1) is 23.7 Å². The van der Waals surface area contributed by atoms with Crippen LogP contribution in [0.3, 0.4) is 0 Å². The van der Waals surface area contributed by atoms with Gasteiger partial charge in [0, 0.05) is 10.9 Å². The second-order valence-corrected chi connectivity index (χ2v) is 8.16. The minimum atomic E-state index is -0.00840. The van der Waals surface area contributed by atoms with Crippen molar-refractivity contribution >= 4 is 17.7 Å². The molecule has 2 aliphatic carbocycles. The van der Waals surface area contributed by atoms with E-state index in [-0.39, 0.29) is 17.9 Å². The van der Waals surface area contributed by atoms with E-state index in [9.17, 15) is 4.79 Å². The summed E-state index contributed by atoms with van der Waals surface area (Å²) in [6.45, 7) is 10.6. The molecule has 2 nitrogen and oxygen atoms in total. The Hall–Kier alpha value is -0.960. The van der Waals surface area contributed by atoms with E-state index in [1.165, 1.54) is 23.3 Å². The molecule has 0 bridgehead atoms. The van der Waals surface area contributed by atoms with Gasteiger partial charge in [0.1, 0.15) is 0 Å². The van der Waals surface area contributed by atoms with Crippen molar-refractivity contribution < 1.29 is 4.79 Å². The summed E-state index contributed by atoms with van der Waals surface area (Å²) >= 11 is 1.72. The molecule has 0 aromatic carbocycles. The van der Waals surface area contributed by atoms with Crippen LogP contribution in [0.2, 0.25) is 0 Å². The van der Waals surface area contributed by atoms with E-state index in [2.05, 4.69) is 51.1 Å². The van der Waals surface area contributed by atoms with Crippen molar-refractivity contribution in [3.05, 3.63) is 35.3 Å². The minimum absolute atomic E-state index is 0.00840. The largest absolute Gasteiger partial charge is 0.352 e. The molecule has 0 aromatic rings. The Morgan fingerprint density at radius 1 is 1.43 bits per heavy atom. The molecule has 1 fully saturated rings. The predicted molar refractivity (Wildman–Crippen MR) is 101 cm³/mol. The molecule has 0 heterocycles. The highest BCUT2D eigenvalue weighted by Crippen LogP contribution is 2.37. The Bertz CT molecular complexity index is 508. The third-order valence-corrected chi connectivity index (χ3v) is 6.41. The summed E-state index contributed by atoms with van der Waals surface area (Å²) in [6.07, 6.45) is 12.6. The highest BCUT2D eigenvalue weighted by molar-refractivity contribution is 8.02. The van der Waals surface area contributed by atoms with E-state index in [1.807, 2.05) is 6.08 Å². The highest BCUT2D eigenvalue weighted by Gasteiger charge is 2.36. The summed E-state index contributed by atoms with van der Waals surface area (Å²) in [6, 6.07) is 0.283. The summed E-state index contributed by atoms with van der Waals surface area (Å²) in [5, 5.41) is 3.41. The fourth-order valence-corrected chi connectivity index (χ4v) is 5.24. The maximum Gasteiger partial charge on any atom is 0.228 e. The van der Waals surface area contributed by atoms with Crippen molar-refractivity contribution in [2.24, 2.45) is 23.7 Å². The number of rotatable bonds is 5. The summed E-state index contributed by atoms with van der Waals surface area (Å²) in [5.41, 5.74) is 1.23. The Balaban J connectivity index is 2.11. The number of carbonyl (C=O) groups is 1. The monoisotopic (exact) mass is 333 g/mol. The SMILES string of the molecule is C=CC[C@H]1CC(C)CC(C)C1NC(=O)C1CC=CC(C)=C1SC. The van der Waals surface area contributed by atoms with Crippen molar-refractivity contribution in [2.45, 2.75) is 52.5 Å². The summed E-state index contributed by atoms with van der Waals surface area (Å²) < 4.78 is 0. The maximum absolute atomic E-state index is 12.9. The number of allylic oxidation sites excluding steroid dienone is 4. The molecule has 4 unspecified atom stereocenters. The minimum Gasteiger partial charge on any atom is -0.352 e. The van der Waals surface area contributed by atoms with Crippen LogP contribution in [-0.4, -0.2) is 18.2 Å². The van der Waals surface area contributed by atoms with Gasteiger partial charge in [-0.3, -0.25) is 4.79 Å². The summed E-state index contributed by atoms with van der Waals surface area (Å²) in [4.78, 5) is 14.2. The van der Waals surface area contributed by atoms with Gasteiger partial charge in [0.2, 0.25) is 5.91 Å². The van der Waals surface area contributed by atoms with Gasteiger partial charge in [-0.05, 0) is 62.2 Å². The number of nitrogens with one attached hydrogen (secondary N) is 1. The van der Waals surface area contributed by atoms with Crippen LogP contribution in [-0.2, 0) is 4.79 Å². The quantitative estimate of drug-likeness (QED) is 0.722. The van der Waals surface area contributed by atoms with Crippen LogP contribution in [0.15, 0.2) is 35.3 Å². The van der Waals surface area contributed by atoms with Crippen LogP contribution in [0.1, 0.15) is 46.5 Å². The number of hydrogen-bond donors (Lipinski definition) is 1. The number of carbonyl (C=O) groups excluding carboxylic acids is 1. The molecule has 1 saturated carbocycles. The molecular formula is C20H31NOS. The van der Waals surface area contributed by atoms with Gasteiger partial charge in [-0.1, -0.05) is 32.1 Å². The number of hydrogen-bond acceptors (Lipinski definition) is 2. The van der Waals surface area contributed by atoms with E-state index in [4.69, 9.17) is 0 Å². The summed E-state index contributed by atoms with van der Waals surface area (Å²) in [5.74, 6) is 2.00. The van der Waals surface area contributed by atoms with Gasteiger partial charge >= 0.3 is 0 Å². The fraction of sp³-hybridized carbons (Fsp3) is 0.650. The molecular weight excluding hydrogens is 302 g/mol. The molecule has 5 atom stereocenters. The van der Waals surface area contributed by atoms with Crippen LogP contribution in [0.5, 0.6) is 0 Å². The van der Waals surface area contributed by atoms with Crippen molar-refractivity contribution in [2.75, 3.05) is 6.26 Å². The third kappa shape index (κ3) is 4.32. The highest BCUT2D eigenvalue weighted by atomic mass is 32.2. The van der Waals surface area contributed by atoms with Crippen LogP contribution in [0.25, 0.3) is 0 Å². The molecule has 0 aromatic heterocycles. The Kier molecular flexibility index (Phi) is 6.58. The molecule has 23 heavy (non-hydrogen) atoms. The zero-order valence-electron chi connectivity index (χ0n) is 15.0. The molecule has 1 N–H and O–H groups in total. The van der Waals surface area contributed by atoms with Gasteiger partial charge in [-0.15, -0.1) is 18.3 Å². The predicted octanol–water partition coefficient (Wildman–Crippen LogP) is 4.94. The van der Waals surface area contributed by atoms with E-state index >= 15 is 0 Å². The van der Waals surface area contributed by atoms with E-state index in [0.717, 1.165) is 18.8 Å². The smallest absolute Gasteiger partial charge is 0.228 e. The number of amides is 1. The molecule has 2 aliphatic rings. The first-order chi connectivity index (χ1) is 11.0. The molecule has 0 saturated heterocycles. The standard InChI is InChI=1S/C20H31NOS/c1-6-8-16-12-13(2)11-15(4)18(16)21-20(22)17-10-7-9-14(3)19(17)23-5/h6-7,9,13,15-18H,1,8,10-12H2,2-5H3,(H,21,22)/t13?,15?,16-,17?,18?/m0/s1. The first-order valence-corrected chi connectivity index (χ1v) is 10.0. The van der Waals surface area contributed by atoms with Crippen molar-refractivity contribution in [1.29, 1.82) is 0 Å². The van der Waals surface area contributed by atoms with Crippen LogP contribution >= 0.6 is 11.8 Å². The van der Waals surface area contributed by atoms with Crippen molar-refractivity contribution in [1.82, 2.24) is 5.32 Å². The second kappa shape index (κ2) is 8.23. The zero-order valence-corrected chi connectivity index (χ0v) is 15.8. The first kappa shape index (κ1) is 18.4. The Morgan fingerprint density at radius 2 is 2.17 bits per heavy atom. The van der Waals surface area contributed by atoms with Gasteiger partial charge in [0.05, 0.1) is 5.92 Å². The molecule has 0 spiro atoms. The second-order valence-electron chi connectivity index (χ2n) is 7.31. The van der Waals surface area contributed by atoms with Crippen LogP contribution in [0.4, 0.5) is 0 Å². The molecule has 0 radical (unpaired) electrons. The van der Waals surface area contributed by atoms with Gasteiger partial charge in [-0.2, -0.15) is 0 Å². The average molecular weight is 334 g/mol. The molecule has 3 heteroatoms. The van der Waals surface area contributed by atoms with Gasteiger partial charge < -0.3 is 5.32 Å². The zero-order chi connectivity index (χ0) is 17.0. The lowest BCUT2D eigenvalue weighted by Gasteiger charge is -2.40. The van der Waals surface area contributed by atoms with Gasteiger partial charge in [-0.25, -0.2) is 0 Å².